The van der Waals surface area contributed by atoms with Crippen LogP contribution >= 0.6 is 0 Å². The summed E-state index contributed by atoms with van der Waals surface area (Å²) < 4.78 is 27.2. The highest BCUT2D eigenvalue weighted by molar-refractivity contribution is 7.86. The lowest BCUT2D eigenvalue weighted by Gasteiger charge is -2.23. The van der Waals surface area contributed by atoms with E-state index in [1.165, 1.54) is 25.7 Å². The first-order valence-corrected chi connectivity index (χ1v) is 11.4. The van der Waals surface area contributed by atoms with Crippen molar-refractivity contribution in [2.24, 2.45) is 5.92 Å². The Bertz CT molecular complexity index is 664. The molecule has 0 atom stereocenters. The van der Waals surface area contributed by atoms with Gasteiger partial charge in [-0.2, -0.15) is 8.42 Å². The Morgan fingerprint density at radius 1 is 1.19 bits per heavy atom. The molecule has 1 aliphatic carbocycles. The predicted octanol–water partition coefficient (Wildman–Crippen LogP) is 4.12. The molecule has 1 amide bonds. The first-order chi connectivity index (χ1) is 12.4. The molecule has 5 nitrogen and oxygen atoms in total. The Kier molecular flexibility index (Phi) is 7.94. The number of nitrogens with zero attached hydrogens (tertiary/aromatic N) is 1. The Balaban J connectivity index is 1.93. The van der Waals surface area contributed by atoms with Crippen LogP contribution in [0.5, 0.6) is 5.75 Å². The Morgan fingerprint density at radius 2 is 1.85 bits per heavy atom. The van der Waals surface area contributed by atoms with Gasteiger partial charge in [-0.1, -0.05) is 51.2 Å². The second kappa shape index (κ2) is 9.95. The van der Waals surface area contributed by atoms with Gasteiger partial charge in [0.05, 0.1) is 6.26 Å². The predicted molar refractivity (Wildman–Crippen MR) is 103 cm³/mol. The number of unbranched alkanes of at least 4 members (excludes halogenated alkanes) is 1. The fraction of sp³-hybridized carbons (Fsp3) is 0.650. The lowest BCUT2D eigenvalue weighted by atomic mass is 10.0. The highest BCUT2D eigenvalue weighted by Gasteiger charge is 2.19. The Hall–Kier alpha value is -1.56. The van der Waals surface area contributed by atoms with Crippen molar-refractivity contribution in [3.8, 4) is 5.75 Å². The third-order valence-corrected chi connectivity index (χ3v) is 5.42. The molecule has 0 saturated heterocycles. The van der Waals surface area contributed by atoms with Crippen LogP contribution in [0.15, 0.2) is 24.3 Å². The number of carbonyl (C=O) groups is 1. The normalized spacial score (nSPS) is 15.2. The summed E-state index contributed by atoms with van der Waals surface area (Å²) in [4.78, 5) is 14.6. The van der Waals surface area contributed by atoms with Crippen LogP contribution in [0.25, 0.3) is 0 Å². The van der Waals surface area contributed by atoms with E-state index in [1.807, 2.05) is 17.0 Å². The van der Waals surface area contributed by atoms with E-state index < -0.39 is 10.1 Å². The minimum Gasteiger partial charge on any atom is -0.383 e. The first-order valence-electron chi connectivity index (χ1n) is 9.63. The van der Waals surface area contributed by atoms with Gasteiger partial charge in [0.2, 0.25) is 5.91 Å². The number of rotatable bonds is 10. The third-order valence-electron chi connectivity index (χ3n) is 4.92. The quantitative estimate of drug-likeness (QED) is 0.572. The average molecular weight is 382 g/mol. The summed E-state index contributed by atoms with van der Waals surface area (Å²) in [7, 11) is -3.52. The van der Waals surface area contributed by atoms with Gasteiger partial charge in [0.25, 0.3) is 0 Å². The highest BCUT2D eigenvalue weighted by Crippen LogP contribution is 2.29. The van der Waals surface area contributed by atoms with Gasteiger partial charge in [0.1, 0.15) is 5.75 Å². The zero-order valence-electron chi connectivity index (χ0n) is 15.9. The van der Waals surface area contributed by atoms with Crippen molar-refractivity contribution in [2.45, 2.75) is 64.8 Å². The summed E-state index contributed by atoms with van der Waals surface area (Å²) in [5, 5.41) is 0. The molecule has 0 aliphatic heterocycles. The first kappa shape index (κ1) is 20.7. The molecule has 0 aromatic heterocycles. The van der Waals surface area contributed by atoms with Crippen LogP contribution in [0.4, 0.5) is 0 Å². The molecule has 1 aromatic rings. The van der Waals surface area contributed by atoms with Gasteiger partial charge in [-0.15, -0.1) is 0 Å². The summed E-state index contributed by atoms with van der Waals surface area (Å²) >= 11 is 0. The molecule has 0 spiro atoms. The SMILES string of the molecule is CCCCN(Cc1ccc(OS(C)(=O)=O)cc1)C(=O)CCC1CCCC1. The maximum atomic E-state index is 12.7. The Labute approximate surface area is 157 Å². The van der Waals surface area contributed by atoms with E-state index in [9.17, 15) is 13.2 Å². The summed E-state index contributed by atoms with van der Waals surface area (Å²) in [6.45, 7) is 3.45. The monoisotopic (exact) mass is 381 g/mol. The van der Waals surface area contributed by atoms with Gasteiger partial charge in [-0.25, -0.2) is 0 Å². The maximum Gasteiger partial charge on any atom is 0.306 e. The fourth-order valence-corrected chi connectivity index (χ4v) is 3.93. The second-order valence-electron chi connectivity index (χ2n) is 7.29. The van der Waals surface area contributed by atoms with Gasteiger partial charge >= 0.3 is 10.1 Å². The summed E-state index contributed by atoms with van der Waals surface area (Å²) in [6.07, 6.45) is 9.84. The molecule has 0 heterocycles. The lowest BCUT2D eigenvalue weighted by Crippen LogP contribution is -2.31. The van der Waals surface area contributed by atoms with Gasteiger partial charge in [0.15, 0.2) is 0 Å². The van der Waals surface area contributed by atoms with E-state index in [-0.39, 0.29) is 5.91 Å². The van der Waals surface area contributed by atoms with E-state index in [1.54, 1.807) is 12.1 Å². The van der Waals surface area contributed by atoms with E-state index in [4.69, 9.17) is 4.18 Å². The molecule has 0 unspecified atom stereocenters. The van der Waals surface area contributed by atoms with Crippen molar-refractivity contribution in [3.63, 3.8) is 0 Å². The van der Waals surface area contributed by atoms with Crippen molar-refractivity contribution in [1.29, 1.82) is 0 Å². The van der Waals surface area contributed by atoms with Crippen molar-refractivity contribution in [1.82, 2.24) is 4.90 Å². The van der Waals surface area contributed by atoms with Crippen LogP contribution in [-0.2, 0) is 21.5 Å². The molecule has 146 valence electrons. The molecule has 1 aliphatic rings. The van der Waals surface area contributed by atoms with Gasteiger partial charge in [-0.05, 0) is 36.5 Å². The van der Waals surface area contributed by atoms with Crippen molar-refractivity contribution >= 4 is 16.0 Å². The van der Waals surface area contributed by atoms with Crippen LogP contribution in [0, 0.1) is 5.92 Å². The average Bonchev–Trinajstić information content (AvgIpc) is 3.10. The highest BCUT2D eigenvalue weighted by atomic mass is 32.2. The smallest absolute Gasteiger partial charge is 0.306 e. The lowest BCUT2D eigenvalue weighted by molar-refractivity contribution is -0.132. The van der Waals surface area contributed by atoms with Crippen molar-refractivity contribution in [2.75, 3.05) is 12.8 Å². The van der Waals surface area contributed by atoms with Crippen LogP contribution in [-0.4, -0.2) is 32.0 Å². The molecule has 26 heavy (non-hydrogen) atoms. The van der Waals surface area contributed by atoms with E-state index in [0.29, 0.717) is 18.7 Å². The van der Waals surface area contributed by atoms with Gasteiger partial charge in [0, 0.05) is 19.5 Å². The van der Waals surface area contributed by atoms with Crippen LogP contribution < -0.4 is 4.18 Å². The fourth-order valence-electron chi connectivity index (χ4n) is 3.47. The number of amides is 1. The summed E-state index contributed by atoms with van der Waals surface area (Å²) in [5.74, 6) is 1.24. The molecule has 6 heteroatoms. The third kappa shape index (κ3) is 7.36. The second-order valence-corrected chi connectivity index (χ2v) is 8.86. The minimum atomic E-state index is -3.52. The van der Waals surface area contributed by atoms with E-state index in [2.05, 4.69) is 6.92 Å². The molecular weight excluding hydrogens is 350 g/mol. The number of carbonyl (C=O) groups excluding carboxylic acids is 1. The van der Waals surface area contributed by atoms with Crippen molar-refractivity contribution < 1.29 is 17.4 Å². The van der Waals surface area contributed by atoms with Crippen LogP contribution in [0.3, 0.4) is 0 Å². The number of hydrogen-bond donors (Lipinski definition) is 0. The molecule has 0 radical (unpaired) electrons. The molecule has 0 bridgehead atoms. The largest absolute Gasteiger partial charge is 0.383 e. The standard InChI is InChI=1S/C20H31NO4S/c1-3-4-15-21(20(22)14-11-17-7-5-6-8-17)16-18-9-12-19(13-10-18)25-26(2,23)24/h9-10,12-13,17H,3-8,11,14-16H2,1-2H3. The number of hydrogen-bond acceptors (Lipinski definition) is 4. The molecule has 0 N–H and O–H groups in total. The van der Waals surface area contributed by atoms with Crippen LogP contribution in [0.1, 0.15) is 63.9 Å². The van der Waals surface area contributed by atoms with Gasteiger partial charge < -0.3 is 9.08 Å². The van der Waals surface area contributed by atoms with E-state index in [0.717, 1.165) is 43.5 Å². The minimum absolute atomic E-state index is 0.224. The molecule has 1 fully saturated rings. The molecular formula is C20H31NO4S. The summed E-state index contributed by atoms with van der Waals surface area (Å²) in [6, 6.07) is 6.92. The maximum absolute atomic E-state index is 12.7. The molecule has 2 rings (SSSR count). The van der Waals surface area contributed by atoms with Crippen LogP contribution in [0.2, 0.25) is 0 Å². The van der Waals surface area contributed by atoms with Crippen molar-refractivity contribution in [3.05, 3.63) is 29.8 Å². The Morgan fingerprint density at radius 3 is 2.42 bits per heavy atom. The summed E-state index contributed by atoms with van der Waals surface area (Å²) in [5.41, 5.74) is 0.983. The molecule has 1 aromatic carbocycles. The van der Waals surface area contributed by atoms with E-state index >= 15 is 0 Å². The zero-order valence-corrected chi connectivity index (χ0v) is 16.8. The molecule has 1 saturated carbocycles. The zero-order chi connectivity index (χ0) is 19.0. The van der Waals surface area contributed by atoms with Gasteiger partial charge in [-0.3, -0.25) is 4.79 Å². The number of benzene rings is 1. The topological polar surface area (TPSA) is 63.7 Å².